The Morgan fingerprint density at radius 1 is 1.28 bits per heavy atom. The molecular formula is C20H19NO2S2. The summed E-state index contributed by atoms with van der Waals surface area (Å²) in [7, 11) is 0. The maximum Gasteiger partial charge on any atom is 0.269 e. The summed E-state index contributed by atoms with van der Waals surface area (Å²) in [4.78, 5) is 15.6. The third-order valence-corrected chi connectivity index (χ3v) is 6.18. The molecule has 1 aliphatic heterocycles. The van der Waals surface area contributed by atoms with Gasteiger partial charge in [-0.2, -0.15) is 0 Å². The second kappa shape index (κ2) is 7.93. The molecule has 0 saturated carbocycles. The van der Waals surface area contributed by atoms with Gasteiger partial charge < -0.3 is 0 Å². The van der Waals surface area contributed by atoms with Crippen LogP contribution in [0.5, 0.6) is 0 Å². The number of allylic oxidation sites excluding steroid dienone is 9. The Labute approximate surface area is 156 Å². The molecule has 0 unspecified atom stereocenters. The van der Waals surface area contributed by atoms with E-state index in [-0.39, 0.29) is 10.6 Å². The Balaban J connectivity index is 1.80. The van der Waals surface area contributed by atoms with E-state index in [0.717, 1.165) is 23.3 Å². The van der Waals surface area contributed by atoms with Crippen molar-refractivity contribution in [2.75, 3.05) is 0 Å². The smallest absolute Gasteiger partial charge is 0.258 e. The van der Waals surface area contributed by atoms with Crippen LogP contribution in [0.4, 0.5) is 5.69 Å². The highest BCUT2D eigenvalue weighted by atomic mass is 32.2. The van der Waals surface area contributed by atoms with Crippen molar-refractivity contribution in [1.29, 1.82) is 0 Å². The molecule has 0 N–H and O–H groups in total. The number of thioether (sulfide) groups is 2. The fraction of sp³-hybridized carbons (Fsp3) is 0.200. The van der Waals surface area contributed by atoms with Gasteiger partial charge in [-0.25, -0.2) is 0 Å². The summed E-state index contributed by atoms with van der Waals surface area (Å²) in [5.41, 5.74) is 2.51. The molecule has 0 amide bonds. The van der Waals surface area contributed by atoms with Crippen LogP contribution in [0, 0.1) is 10.1 Å². The first-order valence-corrected chi connectivity index (χ1v) is 9.72. The summed E-state index contributed by atoms with van der Waals surface area (Å²) in [6.07, 6.45) is 13.0. The van der Waals surface area contributed by atoms with Crippen LogP contribution in [0.1, 0.15) is 32.3 Å². The zero-order valence-electron chi connectivity index (χ0n) is 14.2. The summed E-state index contributed by atoms with van der Waals surface area (Å²) >= 11 is 3.57. The zero-order chi connectivity index (χ0) is 17.8. The summed E-state index contributed by atoms with van der Waals surface area (Å²) in [5.74, 6) is 0. The van der Waals surface area contributed by atoms with Crippen LogP contribution < -0.4 is 0 Å². The van der Waals surface area contributed by atoms with E-state index in [2.05, 4.69) is 37.3 Å². The quantitative estimate of drug-likeness (QED) is 0.431. The van der Waals surface area contributed by atoms with Crippen LogP contribution in [0.15, 0.2) is 74.9 Å². The molecule has 1 aliphatic carbocycles. The highest BCUT2D eigenvalue weighted by Gasteiger charge is 2.13. The van der Waals surface area contributed by atoms with Gasteiger partial charge in [0.2, 0.25) is 0 Å². The average Bonchev–Trinajstić information content (AvgIpc) is 2.59. The van der Waals surface area contributed by atoms with E-state index in [1.54, 1.807) is 23.9 Å². The van der Waals surface area contributed by atoms with Gasteiger partial charge in [0, 0.05) is 23.5 Å². The number of nitro benzene ring substituents is 1. The van der Waals surface area contributed by atoms with Crippen LogP contribution >= 0.6 is 23.5 Å². The lowest BCUT2D eigenvalue weighted by molar-refractivity contribution is -0.384. The molecule has 2 aliphatic rings. The predicted octanol–water partition coefficient (Wildman–Crippen LogP) is 6.83. The third-order valence-electron chi connectivity index (χ3n) is 3.95. The van der Waals surface area contributed by atoms with Crippen molar-refractivity contribution in [3.63, 3.8) is 0 Å². The lowest BCUT2D eigenvalue weighted by Gasteiger charge is -2.18. The molecule has 0 saturated heterocycles. The van der Waals surface area contributed by atoms with Crippen LogP contribution in [-0.4, -0.2) is 4.92 Å². The molecule has 25 heavy (non-hydrogen) atoms. The lowest BCUT2D eigenvalue weighted by atomic mass is 10.1. The summed E-state index contributed by atoms with van der Waals surface area (Å²) in [6.45, 7) is 4.15. The van der Waals surface area contributed by atoms with Crippen LogP contribution in [0.2, 0.25) is 0 Å². The standard InChI is InChI=1S/C20H19NO2S2/c1-3-20(16-5-7-17(8-6-16)21(22)23)25-18-9-4-15-12-14(2)24-19(13-15)11-10-18/h3-8,10-12H,9,13H2,1-2H3/b15-4-,18-10+,19-11+,20-3-. The molecule has 0 spiro atoms. The second-order valence-corrected chi connectivity index (χ2v) is 8.38. The van der Waals surface area contributed by atoms with Crippen molar-refractivity contribution in [2.45, 2.75) is 26.7 Å². The fourth-order valence-electron chi connectivity index (χ4n) is 2.74. The van der Waals surface area contributed by atoms with Gasteiger partial charge in [-0.1, -0.05) is 47.8 Å². The average molecular weight is 370 g/mol. The van der Waals surface area contributed by atoms with Crippen molar-refractivity contribution in [3.05, 3.63) is 90.6 Å². The van der Waals surface area contributed by atoms with Crippen molar-refractivity contribution < 1.29 is 4.92 Å². The van der Waals surface area contributed by atoms with Crippen molar-refractivity contribution in [1.82, 2.24) is 0 Å². The van der Waals surface area contributed by atoms with Gasteiger partial charge in [0.05, 0.1) is 4.92 Å². The number of rotatable bonds is 4. The van der Waals surface area contributed by atoms with Gasteiger partial charge in [0.1, 0.15) is 0 Å². The van der Waals surface area contributed by atoms with Crippen LogP contribution in [0.3, 0.4) is 0 Å². The number of non-ortho nitro benzene ring substituents is 1. The molecule has 3 rings (SSSR count). The van der Waals surface area contributed by atoms with Gasteiger partial charge in [-0.15, -0.1) is 0 Å². The minimum absolute atomic E-state index is 0.121. The number of nitrogens with zero attached hydrogens (tertiary/aromatic N) is 1. The van der Waals surface area contributed by atoms with Gasteiger partial charge in [0.15, 0.2) is 0 Å². The fourth-order valence-corrected chi connectivity index (χ4v) is 4.70. The van der Waals surface area contributed by atoms with Gasteiger partial charge in [-0.3, -0.25) is 10.1 Å². The molecule has 1 aromatic carbocycles. The summed E-state index contributed by atoms with van der Waals surface area (Å²) < 4.78 is 0. The van der Waals surface area contributed by atoms with E-state index >= 15 is 0 Å². The molecule has 0 aromatic heterocycles. The number of hydrogen-bond acceptors (Lipinski definition) is 4. The first kappa shape index (κ1) is 17.8. The topological polar surface area (TPSA) is 43.1 Å². The maximum absolute atomic E-state index is 10.8. The largest absolute Gasteiger partial charge is 0.269 e. The van der Waals surface area contributed by atoms with E-state index in [9.17, 15) is 10.1 Å². The molecule has 1 aromatic rings. The molecule has 128 valence electrons. The summed E-state index contributed by atoms with van der Waals surface area (Å²) in [6, 6.07) is 6.75. The molecule has 0 fully saturated rings. The second-order valence-electron chi connectivity index (χ2n) is 5.84. The van der Waals surface area contributed by atoms with E-state index < -0.39 is 0 Å². The number of benzene rings is 1. The van der Waals surface area contributed by atoms with E-state index in [0.29, 0.717) is 0 Å². The number of hydrogen-bond donors (Lipinski definition) is 0. The molecule has 0 radical (unpaired) electrons. The minimum atomic E-state index is -0.367. The van der Waals surface area contributed by atoms with Crippen LogP contribution in [0.25, 0.3) is 4.91 Å². The number of fused-ring (bicyclic) bond motifs is 2. The van der Waals surface area contributed by atoms with Crippen LogP contribution in [-0.2, 0) is 0 Å². The highest BCUT2D eigenvalue weighted by Crippen LogP contribution is 2.41. The van der Waals surface area contributed by atoms with E-state index in [4.69, 9.17) is 0 Å². The monoisotopic (exact) mass is 369 g/mol. The lowest BCUT2D eigenvalue weighted by Crippen LogP contribution is -1.94. The first-order chi connectivity index (χ1) is 12.0. The third kappa shape index (κ3) is 4.55. The van der Waals surface area contributed by atoms with E-state index in [1.165, 1.54) is 20.3 Å². The Bertz CT molecular complexity index is 843. The first-order valence-electron chi connectivity index (χ1n) is 8.09. The van der Waals surface area contributed by atoms with Crippen molar-refractivity contribution in [2.24, 2.45) is 0 Å². The molecule has 5 heteroatoms. The minimum Gasteiger partial charge on any atom is -0.258 e. The zero-order valence-corrected chi connectivity index (χ0v) is 15.8. The van der Waals surface area contributed by atoms with Crippen molar-refractivity contribution >= 4 is 34.1 Å². The Kier molecular flexibility index (Phi) is 5.66. The van der Waals surface area contributed by atoms with Gasteiger partial charge in [0.25, 0.3) is 5.69 Å². The van der Waals surface area contributed by atoms with Gasteiger partial charge in [-0.05, 0) is 64.3 Å². The summed E-state index contributed by atoms with van der Waals surface area (Å²) in [5, 5.41) is 10.8. The van der Waals surface area contributed by atoms with E-state index in [1.807, 2.05) is 30.8 Å². The molecule has 3 nitrogen and oxygen atoms in total. The Hall–Kier alpha value is -1.98. The van der Waals surface area contributed by atoms with Gasteiger partial charge >= 0.3 is 0 Å². The number of nitro groups is 1. The van der Waals surface area contributed by atoms with Crippen molar-refractivity contribution in [3.8, 4) is 0 Å². The molecular weight excluding hydrogens is 350 g/mol. The normalized spacial score (nSPS) is 23.8. The molecule has 2 bridgehead atoms. The Morgan fingerprint density at radius 2 is 2.04 bits per heavy atom. The maximum atomic E-state index is 10.8. The Morgan fingerprint density at radius 3 is 2.72 bits per heavy atom. The SMILES string of the molecule is C/C=C(\S/C1=C/C=C2\C/C(=C\C1)C=C(C)S2)c1ccc([N+](=O)[O-])cc1. The molecule has 1 heterocycles. The predicted molar refractivity (Wildman–Crippen MR) is 109 cm³/mol. The highest BCUT2D eigenvalue weighted by molar-refractivity contribution is 8.11. The molecule has 0 atom stereocenters.